The molecule has 4 rings (SSSR count). The normalized spacial score (nSPS) is 16.2. The van der Waals surface area contributed by atoms with E-state index in [4.69, 9.17) is 9.47 Å². The number of ether oxygens (including phenoxy) is 2. The molecule has 26 heavy (non-hydrogen) atoms. The Morgan fingerprint density at radius 1 is 1.19 bits per heavy atom. The number of nitrogens with one attached hydrogen (secondary N) is 1. The van der Waals surface area contributed by atoms with Gasteiger partial charge in [0.25, 0.3) is 0 Å². The molecule has 2 aromatic carbocycles. The number of carbonyl (C=O) groups excluding carboxylic acids is 1. The Hall–Kier alpha value is -2.69. The van der Waals surface area contributed by atoms with E-state index in [9.17, 15) is 4.79 Å². The van der Waals surface area contributed by atoms with E-state index < -0.39 is 0 Å². The van der Waals surface area contributed by atoms with Gasteiger partial charge in [0.05, 0.1) is 0 Å². The molecule has 0 spiro atoms. The highest BCUT2D eigenvalue weighted by Crippen LogP contribution is 2.32. The van der Waals surface area contributed by atoms with Crippen LogP contribution in [-0.2, 0) is 17.8 Å². The molecule has 0 unspecified atom stereocenters. The SMILES string of the molecule is Cc1ccc2c(c1)CCCN2[C@H](C)C(=O)NCc1ccc2c(c1)OCO2. The molecular formula is C21H24N2O3. The summed E-state index contributed by atoms with van der Waals surface area (Å²) in [6.07, 6.45) is 2.16. The van der Waals surface area contributed by atoms with E-state index in [-0.39, 0.29) is 18.7 Å². The number of fused-ring (bicyclic) bond motifs is 2. The summed E-state index contributed by atoms with van der Waals surface area (Å²) in [5, 5.41) is 3.05. The van der Waals surface area contributed by atoms with Gasteiger partial charge in [-0.05, 0) is 56.0 Å². The molecule has 0 radical (unpaired) electrons. The third-order valence-corrected chi connectivity index (χ3v) is 5.14. The van der Waals surface area contributed by atoms with Crippen molar-refractivity contribution in [3.8, 4) is 11.5 Å². The van der Waals surface area contributed by atoms with Gasteiger partial charge in [-0.15, -0.1) is 0 Å². The number of amides is 1. The fourth-order valence-electron chi connectivity index (χ4n) is 3.69. The number of carbonyl (C=O) groups is 1. The minimum atomic E-state index is -0.203. The quantitative estimate of drug-likeness (QED) is 0.918. The maximum atomic E-state index is 12.7. The molecule has 2 aliphatic rings. The lowest BCUT2D eigenvalue weighted by atomic mass is 9.98. The fraction of sp³-hybridized carbons (Fsp3) is 0.381. The van der Waals surface area contributed by atoms with Gasteiger partial charge in [0.1, 0.15) is 6.04 Å². The number of nitrogens with zero attached hydrogens (tertiary/aromatic N) is 1. The van der Waals surface area contributed by atoms with Gasteiger partial charge in [-0.2, -0.15) is 0 Å². The Morgan fingerprint density at radius 2 is 2.04 bits per heavy atom. The van der Waals surface area contributed by atoms with Crippen LogP contribution in [0.3, 0.4) is 0 Å². The molecule has 0 saturated heterocycles. The van der Waals surface area contributed by atoms with Gasteiger partial charge in [-0.25, -0.2) is 0 Å². The number of anilines is 1. The highest BCUT2D eigenvalue weighted by atomic mass is 16.7. The lowest BCUT2D eigenvalue weighted by molar-refractivity contribution is -0.122. The average molecular weight is 352 g/mol. The molecule has 0 aliphatic carbocycles. The van der Waals surface area contributed by atoms with Crippen LogP contribution in [0.15, 0.2) is 36.4 Å². The summed E-state index contributed by atoms with van der Waals surface area (Å²) in [4.78, 5) is 14.9. The predicted octanol–water partition coefficient (Wildman–Crippen LogP) is 3.18. The van der Waals surface area contributed by atoms with Crippen molar-refractivity contribution in [2.24, 2.45) is 0 Å². The van der Waals surface area contributed by atoms with E-state index in [1.165, 1.54) is 16.8 Å². The van der Waals surface area contributed by atoms with Crippen molar-refractivity contribution in [2.75, 3.05) is 18.2 Å². The van der Waals surface area contributed by atoms with Crippen LogP contribution in [0, 0.1) is 6.92 Å². The molecule has 2 aliphatic heterocycles. The highest BCUT2D eigenvalue weighted by molar-refractivity contribution is 5.85. The predicted molar refractivity (Wildman–Crippen MR) is 101 cm³/mol. The molecule has 1 atom stereocenters. The molecule has 1 amide bonds. The van der Waals surface area contributed by atoms with Crippen molar-refractivity contribution in [2.45, 2.75) is 39.3 Å². The van der Waals surface area contributed by atoms with E-state index in [0.717, 1.165) is 36.4 Å². The van der Waals surface area contributed by atoms with Crippen molar-refractivity contribution in [3.63, 3.8) is 0 Å². The van der Waals surface area contributed by atoms with Crippen LogP contribution in [-0.4, -0.2) is 25.3 Å². The zero-order valence-corrected chi connectivity index (χ0v) is 15.2. The first-order valence-electron chi connectivity index (χ1n) is 9.14. The van der Waals surface area contributed by atoms with Gasteiger partial charge in [0.15, 0.2) is 11.5 Å². The zero-order chi connectivity index (χ0) is 18.1. The van der Waals surface area contributed by atoms with E-state index in [2.05, 4.69) is 35.3 Å². The number of hydrogen-bond donors (Lipinski definition) is 1. The molecular weight excluding hydrogens is 328 g/mol. The molecule has 5 heteroatoms. The molecule has 0 saturated carbocycles. The summed E-state index contributed by atoms with van der Waals surface area (Å²) in [6, 6.07) is 12.1. The largest absolute Gasteiger partial charge is 0.454 e. The van der Waals surface area contributed by atoms with Crippen LogP contribution in [0.4, 0.5) is 5.69 Å². The highest BCUT2D eigenvalue weighted by Gasteiger charge is 2.26. The van der Waals surface area contributed by atoms with E-state index >= 15 is 0 Å². The fourth-order valence-corrected chi connectivity index (χ4v) is 3.69. The van der Waals surface area contributed by atoms with Crippen molar-refractivity contribution >= 4 is 11.6 Å². The summed E-state index contributed by atoms with van der Waals surface area (Å²) in [5.41, 5.74) is 4.80. The molecule has 136 valence electrons. The van der Waals surface area contributed by atoms with Crippen LogP contribution in [0.2, 0.25) is 0 Å². The van der Waals surface area contributed by atoms with E-state index in [0.29, 0.717) is 6.54 Å². The maximum absolute atomic E-state index is 12.7. The summed E-state index contributed by atoms with van der Waals surface area (Å²) in [7, 11) is 0. The monoisotopic (exact) mass is 352 g/mol. The van der Waals surface area contributed by atoms with Gasteiger partial charge in [-0.1, -0.05) is 23.8 Å². The number of rotatable bonds is 4. The van der Waals surface area contributed by atoms with Gasteiger partial charge in [0, 0.05) is 18.8 Å². The second-order valence-electron chi connectivity index (χ2n) is 7.01. The Kier molecular flexibility index (Phi) is 4.45. The van der Waals surface area contributed by atoms with Crippen molar-refractivity contribution in [1.29, 1.82) is 0 Å². The van der Waals surface area contributed by atoms with E-state index in [1.54, 1.807) is 0 Å². The minimum Gasteiger partial charge on any atom is -0.454 e. The third kappa shape index (κ3) is 3.21. The van der Waals surface area contributed by atoms with Gasteiger partial charge in [0.2, 0.25) is 12.7 Å². The molecule has 1 N–H and O–H groups in total. The van der Waals surface area contributed by atoms with E-state index in [1.807, 2.05) is 25.1 Å². The summed E-state index contributed by atoms with van der Waals surface area (Å²) < 4.78 is 10.7. The summed E-state index contributed by atoms with van der Waals surface area (Å²) >= 11 is 0. The Balaban J connectivity index is 1.42. The lowest BCUT2D eigenvalue weighted by Gasteiger charge is -2.35. The molecule has 0 bridgehead atoms. The topological polar surface area (TPSA) is 50.8 Å². The molecule has 0 aromatic heterocycles. The van der Waals surface area contributed by atoms with Gasteiger partial charge < -0.3 is 19.7 Å². The van der Waals surface area contributed by atoms with Crippen LogP contribution in [0.1, 0.15) is 30.0 Å². The second-order valence-corrected chi connectivity index (χ2v) is 7.01. The first-order chi connectivity index (χ1) is 12.6. The second kappa shape index (κ2) is 6.90. The molecule has 5 nitrogen and oxygen atoms in total. The number of aryl methyl sites for hydroxylation is 2. The zero-order valence-electron chi connectivity index (χ0n) is 15.2. The molecule has 0 fully saturated rings. The standard InChI is InChI=1S/C21H24N2O3/c1-14-5-7-18-17(10-14)4-3-9-23(18)15(2)21(24)22-12-16-6-8-19-20(11-16)26-13-25-19/h5-8,10-11,15H,3-4,9,12-13H2,1-2H3,(H,22,24)/t15-/m1/s1. The Labute approximate surface area is 153 Å². The first-order valence-corrected chi connectivity index (χ1v) is 9.14. The average Bonchev–Trinajstić information content (AvgIpc) is 3.12. The van der Waals surface area contributed by atoms with Gasteiger partial charge >= 0.3 is 0 Å². The minimum absolute atomic E-state index is 0.0380. The Morgan fingerprint density at radius 3 is 2.92 bits per heavy atom. The number of hydrogen-bond acceptors (Lipinski definition) is 4. The summed E-state index contributed by atoms with van der Waals surface area (Å²) in [5.74, 6) is 1.54. The lowest BCUT2D eigenvalue weighted by Crippen LogP contribution is -2.47. The van der Waals surface area contributed by atoms with Gasteiger partial charge in [-0.3, -0.25) is 4.79 Å². The first kappa shape index (κ1) is 16.8. The van der Waals surface area contributed by atoms with Crippen molar-refractivity contribution < 1.29 is 14.3 Å². The van der Waals surface area contributed by atoms with Crippen LogP contribution >= 0.6 is 0 Å². The smallest absolute Gasteiger partial charge is 0.242 e. The third-order valence-electron chi connectivity index (χ3n) is 5.14. The molecule has 2 heterocycles. The van der Waals surface area contributed by atoms with Crippen LogP contribution in [0.25, 0.3) is 0 Å². The number of benzene rings is 2. The molecule has 2 aromatic rings. The maximum Gasteiger partial charge on any atom is 0.242 e. The Bertz CT molecular complexity index is 834. The van der Waals surface area contributed by atoms with Crippen molar-refractivity contribution in [3.05, 3.63) is 53.1 Å². The summed E-state index contributed by atoms with van der Waals surface area (Å²) in [6.45, 7) is 5.74. The van der Waals surface area contributed by atoms with Crippen molar-refractivity contribution in [1.82, 2.24) is 5.32 Å². The van der Waals surface area contributed by atoms with Crippen LogP contribution in [0.5, 0.6) is 11.5 Å². The van der Waals surface area contributed by atoms with Crippen LogP contribution < -0.4 is 19.7 Å².